The van der Waals surface area contributed by atoms with E-state index in [4.69, 9.17) is 10.5 Å². The van der Waals surface area contributed by atoms with Crippen LogP contribution in [-0.2, 0) is 0 Å². The molecule has 5 heteroatoms. The second kappa shape index (κ2) is 3.86. The predicted octanol–water partition coefficient (Wildman–Crippen LogP) is 1.75. The molecular formula is C10H11N3OS. The fraction of sp³-hybridized carbons (Fsp3) is 0.100. The largest absolute Gasteiger partial charge is 0.494 e. The van der Waals surface area contributed by atoms with Crippen LogP contribution in [0.5, 0.6) is 5.75 Å². The Morgan fingerprint density at radius 1 is 1.47 bits per heavy atom. The molecular weight excluding hydrogens is 210 g/mol. The number of ether oxygens (including phenoxy) is 1. The summed E-state index contributed by atoms with van der Waals surface area (Å²) in [6.07, 6.45) is 3.48. The molecule has 0 bridgehead atoms. The molecule has 0 atom stereocenters. The van der Waals surface area contributed by atoms with E-state index in [1.54, 1.807) is 25.7 Å². The van der Waals surface area contributed by atoms with Gasteiger partial charge in [-0.05, 0) is 12.1 Å². The van der Waals surface area contributed by atoms with Crippen LogP contribution in [0.15, 0.2) is 35.7 Å². The number of imidazole rings is 1. The number of benzene rings is 1. The molecule has 0 aliphatic heterocycles. The number of thiol groups is 1. The first kappa shape index (κ1) is 9.92. The van der Waals surface area contributed by atoms with Gasteiger partial charge in [-0.15, -0.1) is 12.6 Å². The molecule has 0 amide bonds. The van der Waals surface area contributed by atoms with Crippen molar-refractivity contribution in [3.63, 3.8) is 0 Å². The molecule has 0 aliphatic carbocycles. The van der Waals surface area contributed by atoms with E-state index in [2.05, 4.69) is 17.6 Å². The van der Waals surface area contributed by atoms with Gasteiger partial charge in [0.25, 0.3) is 0 Å². The smallest absolute Gasteiger partial charge is 0.144 e. The Kier molecular flexibility index (Phi) is 2.55. The van der Waals surface area contributed by atoms with Gasteiger partial charge in [0.2, 0.25) is 0 Å². The molecule has 78 valence electrons. The highest BCUT2D eigenvalue weighted by molar-refractivity contribution is 7.80. The van der Waals surface area contributed by atoms with Gasteiger partial charge in [-0.2, -0.15) is 0 Å². The number of hydrogen-bond acceptors (Lipinski definition) is 4. The average Bonchev–Trinajstić information content (AvgIpc) is 2.64. The minimum absolute atomic E-state index is 0.661. The van der Waals surface area contributed by atoms with E-state index in [9.17, 15) is 0 Å². The van der Waals surface area contributed by atoms with Crippen LogP contribution < -0.4 is 10.5 Å². The second-order valence-electron chi connectivity index (χ2n) is 3.07. The average molecular weight is 221 g/mol. The Balaban J connectivity index is 2.52. The minimum Gasteiger partial charge on any atom is -0.494 e. The molecule has 0 spiro atoms. The van der Waals surface area contributed by atoms with Crippen molar-refractivity contribution in [2.75, 3.05) is 12.8 Å². The molecule has 2 N–H and O–H groups in total. The van der Waals surface area contributed by atoms with Gasteiger partial charge in [0.1, 0.15) is 17.1 Å². The third kappa shape index (κ3) is 1.92. The molecule has 0 aliphatic rings. The van der Waals surface area contributed by atoms with Gasteiger partial charge >= 0.3 is 0 Å². The molecule has 0 radical (unpaired) electrons. The summed E-state index contributed by atoms with van der Waals surface area (Å²) in [5, 5.41) is 0.661. The molecule has 1 aromatic carbocycles. The van der Waals surface area contributed by atoms with Crippen molar-refractivity contribution in [2.24, 2.45) is 0 Å². The van der Waals surface area contributed by atoms with Crippen molar-refractivity contribution in [1.29, 1.82) is 0 Å². The monoisotopic (exact) mass is 221 g/mol. The van der Waals surface area contributed by atoms with Crippen molar-refractivity contribution >= 4 is 18.3 Å². The number of rotatable bonds is 2. The van der Waals surface area contributed by atoms with Crippen molar-refractivity contribution in [3.05, 3.63) is 30.7 Å². The van der Waals surface area contributed by atoms with Gasteiger partial charge in [-0.25, -0.2) is 4.98 Å². The maximum atomic E-state index is 5.67. The summed E-state index contributed by atoms with van der Waals surface area (Å²) < 4.78 is 7.07. The minimum atomic E-state index is 0.661. The van der Waals surface area contributed by atoms with E-state index in [0.717, 1.165) is 5.69 Å². The lowest BCUT2D eigenvalue weighted by Crippen LogP contribution is -1.96. The topological polar surface area (TPSA) is 53.1 Å². The summed E-state index contributed by atoms with van der Waals surface area (Å²) >= 11 is 4.14. The maximum absolute atomic E-state index is 5.67. The number of nitrogens with zero attached hydrogens (tertiary/aromatic N) is 2. The maximum Gasteiger partial charge on any atom is 0.144 e. The molecule has 4 nitrogen and oxygen atoms in total. The van der Waals surface area contributed by atoms with E-state index in [1.807, 2.05) is 16.7 Å². The zero-order valence-corrected chi connectivity index (χ0v) is 9.11. The normalized spacial score (nSPS) is 10.3. The molecule has 0 saturated heterocycles. The Morgan fingerprint density at radius 2 is 2.27 bits per heavy atom. The Labute approximate surface area is 93.1 Å². The van der Waals surface area contributed by atoms with Crippen molar-refractivity contribution < 1.29 is 4.74 Å². The predicted molar refractivity (Wildman–Crippen MR) is 61.8 cm³/mol. The number of aromatic nitrogens is 2. The second-order valence-corrected chi connectivity index (χ2v) is 3.53. The summed E-state index contributed by atoms with van der Waals surface area (Å²) in [6, 6.07) is 5.46. The van der Waals surface area contributed by atoms with Gasteiger partial charge in [-0.3, -0.25) is 0 Å². The number of methoxy groups -OCH3 is 1. The molecule has 2 rings (SSSR count). The van der Waals surface area contributed by atoms with Crippen molar-refractivity contribution in [2.45, 2.75) is 5.03 Å². The van der Waals surface area contributed by atoms with Crippen LogP contribution in [0.25, 0.3) is 5.69 Å². The van der Waals surface area contributed by atoms with Crippen LogP contribution in [0.1, 0.15) is 0 Å². The highest BCUT2D eigenvalue weighted by Crippen LogP contribution is 2.25. The third-order valence-corrected chi connectivity index (χ3v) is 2.28. The fourth-order valence-electron chi connectivity index (χ4n) is 1.35. The van der Waals surface area contributed by atoms with Crippen LogP contribution in [0, 0.1) is 0 Å². The lowest BCUT2D eigenvalue weighted by Gasteiger charge is -2.09. The van der Waals surface area contributed by atoms with Gasteiger partial charge in [-0.1, -0.05) is 0 Å². The fourth-order valence-corrected chi connectivity index (χ4v) is 1.53. The van der Waals surface area contributed by atoms with Crippen molar-refractivity contribution in [3.8, 4) is 11.4 Å². The lowest BCUT2D eigenvalue weighted by atomic mass is 10.2. The SMILES string of the molecule is COc1cc(N)ccc1-n1cnc(S)c1. The van der Waals surface area contributed by atoms with Crippen LogP contribution in [0.3, 0.4) is 0 Å². The summed E-state index contributed by atoms with van der Waals surface area (Å²) in [5.74, 6) is 0.709. The van der Waals surface area contributed by atoms with Gasteiger partial charge in [0.05, 0.1) is 12.8 Å². The molecule has 15 heavy (non-hydrogen) atoms. The molecule has 0 saturated carbocycles. The van der Waals surface area contributed by atoms with Crippen LogP contribution >= 0.6 is 12.6 Å². The van der Waals surface area contributed by atoms with Crippen LogP contribution in [-0.4, -0.2) is 16.7 Å². The first-order valence-corrected chi connectivity index (χ1v) is 4.82. The number of nitrogens with two attached hydrogens (primary N) is 1. The first-order chi connectivity index (χ1) is 7.20. The summed E-state index contributed by atoms with van der Waals surface area (Å²) in [4.78, 5) is 4.03. The molecule has 0 fully saturated rings. The molecule has 1 aromatic heterocycles. The molecule has 1 heterocycles. The van der Waals surface area contributed by atoms with E-state index >= 15 is 0 Å². The zero-order valence-electron chi connectivity index (χ0n) is 8.21. The van der Waals surface area contributed by atoms with Crippen LogP contribution in [0.4, 0.5) is 5.69 Å². The quantitative estimate of drug-likeness (QED) is 0.600. The number of nitrogen functional groups attached to an aromatic ring is 1. The standard InChI is InChI=1S/C10H11N3OS/c1-14-9-4-7(11)2-3-8(9)13-5-10(15)12-6-13/h2-6,15H,11H2,1H3. The first-order valence-electron chi connectivity index (χ1n) is 4.37. The van der Waals surface area contributed by atoms with Gasteiger partial charge in [0.15, 0.2) is 0 Å². The number of hydrogen-bond donors (Lipinski definition) is 2. The summed E-state index contributed by atoms with van der Waals surface area (Å²) in [6.45, 7) is 0. The van der Waals surface area contributed by atoms with Crippen LogP contribution in [0.2, 0.25) is 0 Å². The van der Waals surface area contributed by atoms with E-state index < -0.39 is 0 Å². The van der Waals surface area contributed by atoms with Gasteiger partial charge in [0, 0.05) is 18.0 Å². The highest BCUT2D eigenvalue weighted by atomic mass is 32.1. The van der Waals surface area contributed by atoms with Crippen molar-refractivity contribution in [1.82, 2.24) is 9.55 Å². The summed E-state index contributed by atoms with van der Waals surface area (Å²) in [7, 11) is 1.61. The summed E-state index contributed by atoms with van der Waals surface area (Å²) in [5.41, 5.74) is 7.22. The zero-order chi connectivity index (χ0) is 10.8. The Hall–Kier alpha value is -1.62. The molecule has 0 unspecified atom stereocenters. The Morgan fingerprint density at radius 3 is 2.87 bits per heavy atom. The lowest BCUT2D eigenvalue weighted by molar-refractivity contribution is 0.413. The number of anilines is 1. The third-order valence-electron chi connectivity index (χ3n) is 2.05. The van der Waals surface area contributed by atoms with Gasteiger partial charge < -0.3 is 15.0 Å². The van der Waals surface area contributed by atoms with E-state index in [-0.39, 0.29) is 0 Å². The molecule has 2 aromatic rings. The van der Waals surface area contributed by atoms with E-state index in [1.165, 1.54) is 0 Å². The Bertz CT molecular complexity index is 481. The van der Waals surface area contributed by atoms with E-state index in [0.29, 0.717) is 16.5 Å². The highest BCUT2D eigenvalue weighted by Gasteiger charge is 2.05.